The summed E-state index contributed by atoms with van der Waals surface area (Å²) in [4.78, 5) is 9.92. The minimum absolute atomic E-state index is 0.102. The van der Waals surface area contributed by atoms with Crippen molar-refractivity contribution >= 4 is 28.3 Å². The van der Waals surface area contributed by atoms with E-state index in [-0.39, 0.29) is 15.0 Å². The van der Waals surface area contributed by atoms with Crippen LogP contribution in [0.2, 0.25) is 0 Å². The molecule has 7 heteroatoms. The normalized spacial score (nSPS) is 10.4. The average Bonchev–Trinajstić information content (AvgIpc) is 2.15. The predicted molar refractivity (Wildman–Crippen MR) is 57.3 cm³/mol. The standard InChI is InChI=1S/C8H6F2INO3/c9-7(10)4-15-6-3-1-2-5(8(6)11)12(13)14/h1-3,7H,4H2. The Morgan fingerprint density at radius 2 is 2.20 bits per heavy atom. The van der Waals surface area contributed by atoms with Crippen molar-refractivity contribution in [2.24, 2.45) is 0 Å². The Hall–Kier alpha value is -0.990. The molecular weight excluding hydrogens is 323 g/mol. The fraction of sp³-hybridized carbons (Fsp3) is 0.250. The van der Waals surface area contributed by atoms with Gasteiger partial charge in [0.15, 0.2) is 0 Å². The zero-order valence-corrected chi connectivity index (χ0v) is 9.48. The van der Waals surface area contributed by atoms with Gasteiger partial charge in [-0.25, -0.2) is 8.78 Å². The first-order valence-electron chi connectivity index (χ1n) is 3.86. The third-order valence-corrected chi connectivity index (χ3v) is 2.59. The summed E-state index contributed by atoms with van der Waals surface area (Å²) in [5, 5.41) is 10.5. The Bertz CT molecular complexity index is 373. The van der Waals surface area contributed by atoms with Crippen molar-refractivity contribution in [1.82, 2.24) is 0 Å². The van der Waals surface area contributed by atoms with Crippen LogP contribution in [0.3, 0.4) is 0 Å². The summed E-state index contributed by atoms with van der Waals surface area (Å²) in [6.45, 7) is -0.767. The number of nitro benzene ring substituents is 1. The van der Waals surface area contributed by atoms with Crippen molar-refractivity contribution in [3.8, 4) is 5.75 Å². The van der Waals surface area contributed by atoms with Gasteiger partial charge in [-0.2, -0.15) is 0 Å². The van der Waals surface area contributed by atoms with E-state index in [9.17, 15) is 18.9 Å². The molecule has 0 spiro atoms. The van der Waals surface area contributed by atoms with E-state index in [2.05, 4.69) is 0 Å². The average molecular weight is 329 g/mol. The van der Waals surface area contributed by atoms with Crippen molar-refractivity contribution in [3.63, 3.8) is 0 Å². The Morgan fingerprint density at radius 3 is 2.73 bits per heavy atom. The number of hydrogen-bond donors (Lipinski definition) is 0. The maximum Gasteiger partial charge on any atom is 0.286 e. The van der Waals surface area contributed by atoms with Crippen LogP contribution >= 0.6 is 22.6 Å². The van der Waals surface area contributed by atoms with Gasteiger partial charge in [0.25, 0.3) is 12.1 Å². The van der Waals surface area contributed by atoms with E-state index in [4.69, 9.17) is 4.74 Å². The van der Waals surface area contributed by atoms with Crippen LogP contribution in [0.4, 0.5) is 14.5 Å². The lowest BCUT2D eigenvalue weighted by molar-refractivity contribution is -0.385. The zero-order chi connectivity index (χ0) is 11.4. The summed E-state index contributed by atoms with van der Waals surface area (Å²) in [5.41, 5.74) is -0.151. The largest absolute Gasteiger partial charge is 0.486 e. The summed E-state index contributed by atoms with van der Waals surface area (Å²) in [6, 6.07) is 4.09. The third kappa shape index (κ3) is 3.26. The number of nitrogens with zero attached hydrogens (tertiary/aromatic N) is 1. The van der Waals surface area contributed by atoms with Gasteiger partial charge in [0.05, 0.1) is 4.92 Å². The van der Waals surface area contributed by atoms with E-state index in [1.807, 2.05) is 0 Å². The SMILES string of the molecule is O=[N+]([O-])c1cccc(OCC(F)F)c1I. The second-order valence-electron chi connectivity index (χ2n) is 2.55. The second-order valence-corrected chi connectivity index (χ2v) is 3.63. The molecule has 0 aliphatic carbocycles. The van der Waals surface area contributed by atoms with Gasteiger partial charge in [-0.3, -0.25) is 10.1 Å². The van der Waals surface area contributed by atoms with Crippen molar-refractivity contribution in [1.29, 1.82) is 0 Å². The molecule has 0 amide bonds. The molecule has 15 heavy (non-hydrogen) atoms. The van der Waals surface area contributed by atoms with Crippen LogP contribution in [0.25, 0.3) is 0 Å². The first-order chi connectivity index (χ1) is 7.02. The Balaban J connectivity index is 2.89. The Kier molecular flexibility index (Phi) is 4.18. The molecule has 0 unspecified atom stereocenters. The number of nitro groups is 1. The topological polar surface area (TPSA) is 52.4 Å². The van der Waals surface area contributed by atoms with Crippen LogP contribution in [0.1, 0.15) is 0 Å². The summed E-state index contributed by atoms with van der Waals surface area (Å²) >= 11 is 1.69. The molecule has 0 saturated carbocycles. The molecule has 1 rings (SSSR count). The van der Waals surface area contributed by atoms with Crippen LogP contribution in [0.15, 0.2) is 18.2 Å². The molecule has 4 nitrogen and oxygen atoms in total. The predicted octanol–water partition coefficient (Wildman–Crippen LogP) is 2.84. The zero-order valence-electron chi connectivity index (χ0n) is 7.32. The van der Waals surface area contributed by atoms with Crippen LogP contribution in [-0.2, 0) is 0 Å². The van der Waals surface area contributed by atoms with Crippen molar-refractivity contribution in [3.05, 3.63) is 31.9 Å². The van der Waals surface area contributed by atoms with Gasteiger partial charge < -0.3 is 4.74 Å². The van der Waals surface area contributed by atoms with Crippen LogP contribution in [-0.4, -0.2) is 18.0 Å². The molecule has 0 aliphatic rings. The Labute approximate surface area is 97.5 Å². The van der Waals surface area contributed by atoms with E-state index in [0.717, 1.165) is 0 Å². The molecule has 82 valence electrons. The van der Waals surface area contributed by atoms with Gasteiger partial charge >= 0.3 is 0 Å². The molecule has 0 bridgehead atoms. The van der Waals surface area contributed by atoms with Crippen LogP contribution in [0, 0.1) is 13.7 Å². The molecule has 1 aromatic carbocycles. The minimum atomic E-state index is -2.60. The lowest BCUT2D eigenvalue weighted by Crippen LogP contribution is -2.08. The van der Waals surface area contributed by atoms with Gasteiger partial charge in [0, 0.05) is 6.07 Å². The summed E-state index contributed by atoms with van der Waals surface area (Å²) < 4.78 is 28.6. The molecule has 0 atom stereocenters. The second kappa shape index (κ2) is 5.19. The summed E-state index contributed by atoms with van der Waals surface area (Å²) in [6.07, 6.45) is -2.60. The molecule has 0 radical (unpaired) electrons. The van der Waals surface area contributed by atoms with E-state index in [0.29, 0.717) is 0 Å². The number of ether oxygens (including phenoxy) is 1. The lowest BCUT2D eigenvalue weighted by atomic mass is 10.3. The summed E-state index contributed by atoms with van der Waals surface area (Å²) in [5.74, 6) is 0.102. The van der Waals surface area contributed by atoms with Crippen molar-refractivity contribution in [2.45, 2.75) is 6.43 Å². The van der Waals surface area contributed by atoms with E-state index < -0.39 is 18.0 Å². The van der Waals surface area contributed by atoms with E-state index in [1.54, 1.807) is 22.6 Å². The molecule has 0 fully saturated rings. The highest BCUT2D eigenvalue weighted by Crippen LogP contribution is 2.29. The van der Waals surface area contributed by atoms with Gasteiger partial charge in [0.2, 0.25) is 0 Å². The first-order valence-corrected chi connectivity index (χ1v) is 4.94. The Morgan fingerprint density at radius 1 is 1.53 bits per heavy atom. The monoisotopic (exact) mass is 329 g/mol. The first kappa shape index (κ1) is 12.1. The number of halogens is 3. The maximum atomic E-state index is 11.8. The van der Waals surface area contributed by atoms with E-state index >= 15 is 0 Å². The quantitative estimate of drug-likeness (QED) is 0.485. The number of rotatable bonds is 4. The van der Waals surface area contributed by atoms with Crippen LogP contribution < -0.4 is 4.74 Å². The van der Waals surface area contributed by atoms with Gasteiger partial charge in [-0.15, -0.1) is 0 Å². The molecule has 0 saturated heterocycles. The van der Waals surface area contributed by atoms with Gasteiger partial charge in [0.1, 0.15) is 15.9 Å². The smallest absolute Gasteiger partial charge is 0.286 e. The van der Waals surface area contributed by atoms with E-state index in [1.165, 1.54) is 18.2 Å². The van der Waals surface area contributed by atoms with Crippen LogP contribution in [0.5, 0.6) is 5.75 Å². The number of alkyl halides is 2. The molecule has 0 aliphatic heterocycles. The minimum Gasteiger partial charge on any atom is -0.486 e. The van der Waals surface area contributed by atoms with Crippen molar-refractivity contribution < 1.29 is 18.4 Å². The molecular formula is C8H6F2INO3. The highest BCUT2D eigenvalue weighted by molar-refractivity contribution is 14.1. The highest BCUT2D eigenvalue weighted by atomic mass is 127. The molecule has 0 N–H and O–H groups in total. The fourth-order valence-corrected chi connectivity index (χ4v) is 1.62. The van der Waals surface area contributed by atoms with Gasteiger partial charge in [-0.1, -0.05) is 6.07 Å². The molecule has 0 aromatic heterocycles. The molecule has 1 aromatic rings. The third-order valence-electron chi connectivity index (χ3n) is 1.50. The lowest BCUT2D eigenvalue weighted by Gasteiger charge is -2.07. The molecule has 0 heterocycles. The number of benzene rings is 1. The fourth-order valence-electron chi connectivity index (χ4n) is 0.904. The number of hydrogen-bond acceptors (Lipinski definition) is 3. The van der Waals surface area contributed by atoms with Gasteiger partial charge in [-0.05, 0) is 28.7 Å². The highest BCUT2D eigenvalue weighted by Gasteiger charge is 2.16. The summed E-state index contributed by atoms with van der Waals surface area (Å²) in [7, 11) is 0. The maximum absolute atomic E-state index is 11.8. The van der Waals surface area contributed by atoms with Crippen molar-refractivity contribution in [2.75, 3.05) is 6.61 Å².